The van der Waals surface area contributed by atoms with Gasteiger partial charge in [0.15, 0.2) is 0 Å². The van der Waals surface area contributed by atoms with Crippen LogP contribution in [0.2, 0.25) is 0 Å². The van der Waals surface area contributed by atoms with Gasteiger partial charge in [-0.15, -0.1) is 0 Å². The van der Waals surface area contributed by atoms with E-state index in [4.69, 9.17) is 5.73 Å². The first-order valence-electron chi connectivity index (χ1n) is 7.88. The van der Waals surface area contributed by atoms with E-state index >= 15 is 0 Å². The van der Waals surface area contributed by atoms with Crippen LogP contribution in [-0.2, 0) is 4.79 Å². The van der Waals surface area contributed by atoms with Gasteiger partial charge in [0, 0.05) is 6.04 Å². The van der Waals surface area contributed by atoms with Crippen LogP contribution in [-0.4, -0.2) is 42.0 Å². The largest absolute Gasteiger partial charge is 0.368 e. The summed E-state index contributed by atoms with van der Waals surface area (Å²) >= 11 is 0. The van der Waals surface area contributed by atoms with Crippen molar-refractivity contribution in [3.63, 3.8) is 0 Å². The molecule has 2 atom stereocenters. The van der Waals surface area contributed by atoms with Crippen LogP contribution in [0.4, 0.5) is 0 Å². The van der Waals surface area contributed by atoms with E-state index in [1.807, 2.05) is 6.92 Å². The molecule has 0 saturated heterocycles. The van der Waals surface area contributed by atoms with Crippen molar-refractivity contribution >= 4 is 5.91 Å². The minimum Gasteiger partial charge on any atom is -0.368 e. The van der Waals surface area contributed by atoms with Crippen molar-refractivity contribution in [2.45, 2.75) is 70.9 Å². The molecule has 1 rings (SSSR count). The van der Waals surface area contributed by atoms with E-state index in [0.717, 1.165) is 38.9 Å². The first-order chi connectivity index (χ1) is 9.09. The molecule has 0 aliphatic heterocycles. The Balaban J connectivity index is 2.77. The van der Waals surface area contributed by atoms with Gasteiger partial charge in [0.2, 0.25) is 5.91 Å². The zero-order chi connectivity index (χ0) is 14.3. The molecule has 0 spiro atoms. The molecule has 112 valence electrons. The summed E-state index contributed by atoms with van der Waals surface area (Å²) in [5.74, 6) is -0.174. The van der Waals surface area contributed by atoms with Crippen LogP contribution in [0.1, 0.15) is 59.3 Å². The molecule has 4 nitrogen and oxygen atoms in total. The highest BCUT2D eigenvalue weighted by atomic mass is 16.1. The van der Waals surface area contributed by atoms with Gasteiger partial charge in [-0.05, 0) is 58.2 Å². The molecule has 1 fully saturated rings. The summed E-state index contributed by atoms with van der Waals surface area (Å²) in [6.07, 6.45) is 6.38. The highest BCUT2D eigenvalue weighted by Gasteiger charge is 2.41. The third-order valence-corrected chi connectivity index (χ3v) is 4.25. The van der Waals surface area contributed by atoms with Crippen molar-refractivity contribution in [1.82, 2.24) is 10.2 Å². The lowest BCUT2D eigenvalue weighted by molar-refractivity contribution is -0.126. The van der Waals surface area contributed by atoms with Gasteiger partial charge in [0.1, 0.15) is 0 Å². The quantitative estimate of drug-likeness (QED) is 0.707. The maximum absolute atomic E-state index is 11.9. The first kappa shape index (κ1) is 16.4. The van der Waals surface area contributed by atoms with E-state index in [-0.39, 0.29) is 5.91 Å². The molecule has 0 radical (unpaired) electrons. The number of amides is 1. The number of nitrogens with zero attached hydrogens (tertiary/aromatic N) is 1. The molecule has 0 aromatic carbocycles. The van der Waals surface area contributed by atoms with Crippen LogP contribution in [0.15, 0.2) is 0 Å². The van der Waals surface area contributed by atoms with Crippen molar-refractivity contribution in [2.24, 2.45) is 5.73 Å². The summed E-state index contributed by atoms with van der Waals surface area (Å²) in [5, 5.41) is 3.37. The number of nitrogens with one attached hydrogen (secondary N) is 1. The normalized spacial score (nSPS) is 27.7. The Morgan fingerprint density at radius 3 is 2.42 bits per heavy atom. The molecule has 0 aromatic rings. The second-order valence-corrected chi connectivity index (χ2v) is 5.76. The average Bonchev–Trinajstić information content (AvgIpc) is 2.39. The first-order valence-corrected chi connectivity index (χ1v) is 7.88. The summed E-state index contributed by atoms with van der Waals surface area (Å²) in [6.45, 7) is 9.54. The van der Waals surface area contributed by atoms with E-state index in [1.54, 1.807) is 0 Å². The molecule has 3 N–H and O–H groups in total. The Kier molecular flexibility index (Phi) is 6.80. The summed E-state index contributed by atoms with van der Waals surface area (Å²) in [7, 11) is 0. The third-order valence-electron chi connectivity index (χ3n) is 4.25. The zero-order valence-electron chi connectivity index (χ0n) is 12.9. The maximum Gasteiger partial charge on any atom is 0.237 e. The fourth-order valence-corrected chi connectivity index (χ4v) is 3.42. The number of nitrogens with two attached hydrogens (primary N) is 1. The highest BCUT2D eigenvalue weighted by Crippen LogP contribution is 2.31. The molecule has 1 aliphatic carbocycles. The molecule has 1 saturated carbocycles. The fraction of sp³-hybridized carbons (Fsp3) is 0.933. The standard InChI is InChI=1S/C15H31N3O/c1-4-10-18(11-5-2)13-8-7-9-15(12-13,14(16)19)17-6-3/h13,17H,4-12H2,1-3H3,(H2,16,19). The van der Waals surface area contributed by atoms with Crippen molar-refractivity contribution in [3.05, 3.63) is 0 Å². The number of rotatable bonds is 8. The van der Waals surface area contributed by atoms with E-state index in [2.05, 4.69) is 24.1 Å². The summed E-state index contributed by atoms with van der Waals surface area (Å²) < 4.78 is 0. The van der Waals surface area contributed by atoms with E-state index in [9.17, 15) is 4.79 Å². The van der Waals surface area contributed by atoms with Crippen LogP contribution < -0.4 is 11.1 Å². The lowest BCUT2D eigenvalue weighted by Gasteiger charge is -2.43. The molecule has 0 bridgehead atoms. The van der Waals surface area contributed by atoms with Gasteiger partial charge in [-0.3, -0.25) is 4.79 Å². The third kappa shape index (κ3) is 4.18. The predicted octanol–water partition coefficient (Wildman–Crippen LogP) is 1.88. The molecule has 4 heteroatoms. The number of carbonyl (C=O) groups excluding carboxylic acids is 1. The van der Waals surface area contributed by atoms with E-state index in [0.29, 0.717) is 6.04 Å². The number of hydrogen-bond donors (Lipinski definition) is 2. The van der Waals surface area contributed by atoms with Gasteiger partial charge in [-0.25, -0.2) is 0 Å². The topological polar surface area (TPSA) is 58.4 Å². The van der Waals surface area contributed by atoms with Gasteiger partial charge < -0.3 is 16.0 Å². The lowest BCUT2D eigenvalue weighted by atomic mass is 9.77. The van der Waals surface area contributed by atoms with Crippen molar-refractivity contribution < 1.29 is 4.79 Å². The summed E-state index contributed by atoms with van der Waals surface area (Å²) in [6, 6.07) is 0.500. The van der Waals surface area contributed by atoms with Gasteiger partial charge in [-0.2, -0.15) is 0 Å². The average molecular weight is 269 g/mol. The monoisotopic (exact) mass is 269 g/mol. The maximum atomic E-state index is 11.9. The van der Waals surface area contributed by atoms with Crippen LogP contribution in [0.3, 0.4) is 0 Å². The minimum atomic E-state index is -0.475. The summed E-state index contributed by atoms with van der Waals surface area (Å²) in [5.41, 5.74) is 5.20. The van der Waals surface area contributed by atoms with Gasteiger partial charge in [0.25, 0.3) is 0 Å². The number of carbonyl (C=O) groups is 1. The number of primary amides is 1. The van der Waals surface area contributed by atoms with E-state index < -0.39 is 5.54 Å². The van der Waals surface area contributed by atoms with Crippen LogP contribution in [0, 0.1) is 0 Å². The van der Waals surface area contributed by atoms with Crippen molar-refractivity contribution in [3.8, 4) is 0 Å². The Hall–Kier alpha value is -0.610. The number of hydrogen-bond acceptors (Lipinski definition) is 3. The van der Waals surface area contributed by atoms with E-state index in [1.165, 1.54) is 19.3 Å². The fourth-order valence-electron chi connectivity index (χ4n) is 3.42. The zero-order valence-corrected chi connectivity index (χ0v) is 12.9. The van der Waals surface area contributed by atoms with Crippen molar-refractivity contribution in [1.29, 1.82) is 0 Å². The lowest BCUT2D eigenvalue weighted by Crippen LogP contribution is -2.60. The molecular formula is C15H31N3O. The predicted molar refractivity (Wildman–Crippen MR) is 80.0 cm³/mol. The van der Waals surface area contributed by atoms with Gasteiger partial charge in [-0.1, -0.05) is 20.8 Å². The Morgan fingerprint density at radius 2 is 1.95 bits per heavy atom. The van der Waals surface area contributed by atoms with Crippen LogP contribution in [0.5, 0.6) is 0 Å². The Morgan fingerprint density at radius 1 is 1.32 bits per heavy atom. The Bertz CT molecular complexity index is 273. The van der Waals surface area contributed by atoms with Gasteiger partial charge >= 0.3 is 0 Å². The molecule has 1 aliphatic rings. The molecule has 19 heavy (non-hydrogen) atoms. The molecule has 2 unspecified atom stereocenters. The van der Waals surface area contributed by atoms with Crippen LogP contribution in [0.25, 0.3) is 0 Å². The number of likely N-dealkylation sites (N-methyl/N-ethyl adjacent to an activating group) is 1. The SMILES string of the molecule is CCCN(CCC)C1CCCC(NCC)(C(N)=O)C1. The molecule has 0 heterocycles. The molecule has 1 amide bonds. The smallest absolute Gasteiger partial charge is 0.237 e. The molecule has 0 aromatic heterocycles. The highest BCUT2D eigenvalue weighted by molar-refractivity contribution is 5.84. The second kappa shape index (κ2) is 7.85. The van der Waals surface area contributed by atoms with Gasteiger partial charge in [0.05, 0.1) is 5.54 Å². The second-order valence-electron chi connectivity index (χ2n) is 5.76. The van der Waals surface area contributed by atoms with Crippen LogP contribution >= 0.6 is 0 Å². The minimum absolute atomic E-state index is 0.174. The molecular weight excluding hydrogens is 238 g/mol. The van der Waals surface area contributed by atoms with Crippen molar-refractivity contribution in [2.75, 3.05) is 19.6 Å². The Labute approximate surface area is 118 Å². The summed E-state index contributed by atoms with van der Waals surface area (Å²) in [4.78, 5) is 14.4.